The summed E-state index contributed by atoms with van der Waals surface area (Å²) in [6, 6.07) is -0.386. The van der Waals surface area contributed by atoms with Crippen molar-refractivity contribution in [1.29, 1.82) is 0 Å². The van der Waals surface area contributed by atoms with E-state index in [9.17, 15) is 44.4 Å². The molecule has 1 aromatic carbocycles. The van der Waals surface area contributed by atoms with Crippen molar-refractivity contribution in [2.75, 3.05) is 6.61 Å². The lowest BCUT2D eigenvalue weighted by Crippen LogP contribution is -2.59. The van der Waals surface area contributed by atoms with Crippen molar-refractivity contribution in [1.82, 2.24) is 16.0 Å². The number of aliphatic hydroxyl groups is 2. The van der Waals surface area contributed by atoms with Gasteiger partial charge in [-0.2, -0.15) is 0 Å². The molecule has 1 aromatic rings. The van der Waals surface area contributed by atoms with Crippen LogP contribution >= 0.6 is 0 Å². The first-order valence-electron chi connectivity index (χ1n) is 10.5. The predicted molar refractivity (Wildman–Crippen MR) is 119 cm³/mol. The van der Waals surface area contributed by atoms with Gasteiger partial charge in [-0.15, -0.1) is 0 Å². The van der Waals surface area contributed by atoms with Crippen molar-refractivity contribution < 1.29 is 49.5 Å². The number of carbonyl (C=O) groups is 5. The second kappa shape index (κ2) is 13.8. The first kappa shape index (κ1) is 29.3. The number of carboxylic acids is 2. The first-order chi connectivity index (χ1) is 16.3. The molecule has 10 N–H and O–H groups in total. The molecule has 0 aromatic heterocycles. The van der Waals surface area contributed by atoms with Crippen molar-refractivity contribution in [2.45, 2.75) is 56.5 Å². The molecule has 0 spiro atoms. The molecule has 0 aliphatic heterocycles. The first-order valence-corrected chi connectivity index (χ1v) is 10.5. The number of rotatable bonds is 14. The van der Waals surface area contributed by atoms with E-state index >= 15 is 0 Å². The maximum atomic E-state index is 12.8. The average Bonchev–Trinajstić information content (AvgIpc) is 2.79. The van der Waals surface area contributed by atoms with Crippen LogP contribution < -0.4 is 21.7 Å². The lowest BCUT2D eigenvalue weighted by atomic mass is 10.0. The van der Waals surface area contributed by atoms with Crippen LogP contribution in [-0.4, -0.2) is 92.1 Å². The summed E-state index contributed by atoms with van der Waals surface area (Å²) in [7, 11) is 0. The van der Waals surface area contributed by atoms with E-state index in [2.05, 4.69) is 16.0 Å². The Hall–Kier alpha value is -3.75. The van der Waals surface area contributed by atoms with Crippen LogP contribution in [0, 0.1) is 0 Å². The highest BCUT2D eigenvalue weighted by Gasteiger charge is 2.31. The Labute approximate surface area is 200 Å². The van der Waals surface area contributed by atoms with Gasteiger partial charge >= 0.3 is 11.9 Å². The van der Waals surface area contributed by atoms with E-state index in [0.29, 0.717) is 5.56 Å². The van der Waals surface area contributed by atoms with E-state index in [1.807, 2.05) is 0 Å². The highest BCUT2D eigenvalue weighted by Crippen LogP contribution is 2.12. The number of hydrogen-bond donors (Lipinski definition) is 9. The smallest absolute Gasteiger partial charge is 0.326 e. The Morgan fingerprint density at radius 3 is 1.89 bits per heavy atom. The molecule has 0 saturated heterocycles. The third-order valence-corrected chi connectivity index (χ3v) is 4.91. The Morgan fingerprint density at radius 2 is 1.40 bits per heavy atom. The van der Waals surface area contributed by atoms with E-state index in [-0.39, 0.29) is 12.2 Å². The average molecular weight is 498 g/mol. The number of aliphatic hydroxyl groups excluding tert-OH is 2. The number of carboxylic acid groups (broad SMARTS) is 2. The molecule has 14 heteroatoms. The number of benzene rings is 1. The van der Waals surface area contributed by atoms with Crippen molar-refractivity contribution in [3.8, 4) is 5.75 Å². The van der Waals surface area contributed by atoms with Crippen molar-refractivity contribution >= 4 is 29.7 Å². The lowest BCUT2D eigenvalue weighted by Gasteiger charge is -2.24. The van der Waals surface area contributed by atoms with E-state index in [0.717, 1.165) is 0 Å². The number of nitrogens with two attached hydrogens (primary N) is 1. The summed E-state index contributed by atoms with van der Waals surface area (Å²) < 4.78 is 0. The van der Waals surface area contributed by atoms with Crippen LogP contribution in [0.3, 0.4) is 0 Å². The molecule has 35 heavy (non-hydrogen) atoms. The molecule has 1 rings (SSSR count). The monoisotopic (exact) mass is 498 g/mol. The molecule has 194 valence electrons. The summed E-state index contributed by atoms with van der Waals surface area (Å²) in [4.78, 5) is 59.9. The summed E-state index contributed by atoms with van der Waals surface area (Å²) in [5.41, 5.74) is 5.95. The fourth-order valence-corrected chi connectivity index (χ4v) is 2.83. The number of nitrogens with one attached hydrogen (secondary N) is 3. The molecular weight excluding hydrogens is 468 g/mol. The van der Waals surface area contributed by atoms with Gasteiger partial charge in [-0.1, -0.05) is 12.1 Å². The van der Waals surface area contributed by atoms with Gasteiger partial charge in [0.15, 0.2) is 0 Å². The molecule has 0 saturated carbocycles. The zero-order chi connectivity index (χ0) is 26.7. The van der Waals surface area contributed by atoms with Crippen LogP contribution in [0.4, 0.5) is 0 Å². The molecule has 0 radical (unpaired) electrons. The third-order valence-electron chi connectivity index (χ3n) is 4.91. The van der Waals surface area contributed by atoms with Crippen LogP contribution in [0.25, 0.3) is 0 Å². The Balaban J connectivity index is 2.96. The number of hydrogen-bond acceptors (Lipinski definition) is 9. The number of aromatic hydroxyl groups is 1. The van der Waals surface area contributed by atoms with Crippen LogP contribution in [0.2, 0.25) is 0 Å². The minimum atomic E-state index is -1.58. The highest BCUT2D eigenvalue weighted by atomic mass is 16.4. The number of carbonyl (C=O) groups excluding carboxylic acids is 3. The third kappa shape index (κ3) is 9.95. The maximum Gasteiger partial charge on any atom is 0.326 e. The fraction of sp³-hybridized carbons (Fsp3) is 0.476. The Morgan fingerprint density at radius 1 is 0.886 bits per heavy atom. The Kier molecular flexibility index (Phi) is 11.6. The predicted octanol–water partition coefficient (Wildman–Crippen LogP) is -2.96. The van der Waals surface area contributed by atoms with Gasteiger partial charge in [0.25, 0.3) is 0 Å². The molecule has 5 unspecified atom stereocenters. The minimum Gasteiger partial charge on any atom is -0.508 e. The fourth-order valence-electron chi connectivity index (χ4n) is 2.83. The maximum absolute atomic E-state index is 12.8. The highest BCUT2D eigenvalue weighted by molar-refractivity contribution is 5.94. The summed E-state index contributed by atoms with van der Waals surface area (Å²) in [6.07, 6.45) is -2.41. The van der Waals surface area contributed by atoms with Crippen molar-refractivity contribution in [3.63, 3.8) is 0 Å². The van der Waals surface area contributed by atoms with Crippen LogP contribution in [0.5, 0.6) is 5.75 Å². The Bertz CT molecular complexity index is 906. The minimum absolute atomic E-state index is 0.0407. The largest absolute Gasteiger partial charge is 0.508 e. The quantitative estimate of drug-likeness (QED) is 0.125. The van der Waals surface area contributed by atoms with Gasteiger partial charge in [-0.25, -0.2) is 4.79 Å². The zero-order valence-corrected chi connectivity index (χ0v) is 18.9. The van der Waals surface area contributed by atoms with E-state index in [1.54, 1.807) is 0 Å². The van der Waals surface area contributed by atoms with Gasteiger partial charge in [0, 0.05) is 12.8 Å². The van der Waals surface area contributed by atoms with Gasteiger partial charge in [0.1, 0.15) is 29.9 Å². The zero-order valence-electron chi connectivity index (χ0n) is 18.9. The second-order valence-electron chi connectivity index (χ2n) is 7.77. The summed E-state index contributed by atoms with van der Waals surface area (Å²) in [5, 5.41) is 53.2. The molecule has 3 amide bonds. The second-order valence-corrected chi connectivity index (χ2v) is 7.77. The van der Waals surface area contributed by atoms with Gasteiger partial charge < -0.3 is 47.2 Å². The molecule has 14 nitrogen and oxygen atoms in total. The van der Waals surface area contributed by atoms with Crippen LogP contribution in [-0.2, 0) is 30.4 Å². The van der Waals surface area contributed by atoms with Crippen molar-refractivity contribution in [3.05, 3.63) is 29.8 Å². The number of amides is 3. The number of aliphatic carboxylic acids is 2. The molecular formula is C21H30N4O10. The van der Waals surface area contributed by atoms with Crippen molar-refractivity contribution in [2.24, 2.45) is 5.73 Å². The van der Waals surface area contributed by atoms with Gasteiger partial charge in [-0.3, -0.25) is 19.2 Å². The molecule has 0 aliphatic rings. The molecule has 0 heterocycles. The normalized spacial score (nSPS) is 15.1. The summed E-state index contributed by atoms with van der Waals surface area (Å²) in [5.74, 6) is -5.75. The topological polar surface area (TPSA) is 249 Å². The number of phenols is 1. The van der Waals surface area contributed by atoms with Gasteiger partial charge in [-0.05, 0) is 31.0 Å². The van der Waals surface area contributed by atoms with Crippen LogP contribution in [0.1, 0.15) is 25.3 Å². The van der Waals surface area contributed by atoms with E-state index in [1.165, 1.54) is 31.2 Å². The number of phenolic OH excluding ortho intramolecular Hbond substituents is 1. The summed E-state index contributed by atoms with van der Waals surface area (Å²) >= 11 is 0. The van der Waals surface area contributed by atoms with Gasteiger partial charge in [0.05, 0.1) is 12.7 Å². The van der Waals surface area contributed by atoms with Gasteiger partial charge in [0.2, 0.25) is 17.7 Å². The standard InChI is InChI=1S/C21H30N4O10/c1-10(27)17(22)20(33)25-15(9-26)19(32)23-13(6-7-16(29)30)18(31)24-14(21(34)35)8-11-2-4-12(28)5-3-11/h2-5,10,13-15,17,26-28H,6-9,22H2,1H3,(H,23,32)(H,24,31)(H,25,33)(H,29,30)(H,34,35). The molecule has 0 fully saturated rings. The van der Waals surface area contributed by atoms with E-state index in [4.69, 9.17) is 10.8 Å². The lowest BCUT2D eigenvalue weighted by molar-refractivity contribution is -0.143. The summed E-state index contributed by atoms with van der Waals surface area (Å²) in [6.45, 7) is 0.331. The SMILES string of the molecule is CC(O)C(N)C(=O)NC(CO)C(=O)NC(CCC(=O)O)C(=O)NC(Cc1ccc(O)cc1)C(=O)O. The van der Waals surface area contributed by atoms with Crippen LogP contribution in [0.15, 0.2) is 24.3 Å². The molecule has 5 atom stereocenters. The molecule has 0 bridgehead atoms. The van der Waals surface area contributed by atoms with E-state index < -0.39 is 79.4 Å². The molecule has 0 aliphatic carbocycles.